The molecule has 0 saturated heterocycles. The second-order valence-corrected chi connectivity index (χ2v) is 7.25. The number of aryl methyl sites for hydroxylation is 1. The molecule has 2 aliphatic carbocycles. The van der Waals surface area contributed by atoms with Crippen molar-refractivity contribution in [3.05, 3.63) is 29.3 Å². The molecule has 2 N–H and O–H groups in total. The molecule has 0 spiro atoms. The maximum Gasteiger partial charge on any atom is 0.119 e. The van der Waals surface area contributed by atoms with E-state index in [-0.39, 0.29) is 6.04 Å². The Bertz CT molecular complexity index is 442. The van der Waals surface area contributed by atoms with Crippen LogP contribution in [0, 0.1) is 0 Å². The van der Waals surface area contributed by atoms with Gasteiger partial charge in [-0.25, -0.2) is 0 Å². The fourth-order valence-corrected chi connectivity index (χ4v) is 5.02. The van der Waals surface area contributed by atoms with Crippen LogP contribution in [0.1, 0.15) is 49.3 Å². The second kappa shape index (κ2) is 5.76. The summed E-state index contributed by atoms with van der Waals surface area (Å²) in [5, 5.41) is 1.46. The Morgan fingerprint density at radius 1 is 1.21 bits per heavy atom. The summed E-state index contributed by atoms with van der Waals surface area (Å²) in [5.74, 6) is 0.952. The van der Waals surface area contributed by atoms with E-state index < -0.39 is 0 Å². The van der Waals surface area contributed by atoms with Gasteiger partial charge in [0.2, 0.25) is 0 Å². The van der Waals surface area contributed by atoms with E-state index in [2.05, 4.69) is 23.9 Å². The number of ether oxygens (including phenoxy) is 1. The molecule has 2 aliphatic rings. The molecule has 1 saturated carbocycles. The van der Waals surface area contributed by atoms with Crippen molar-refractivity contribution in [2.24, 2.45) is 5.73 Å². The third-order valence-corrected chi connectivity index (χ3v) is 6.21. The van der Waals surface area contributed by atoms with Crippen LogP contribution in [0.3, 0.4) is 0 Å². The van der Waals surface area contributed by atoms with Crippen LogP contribution in [0.25, 0.3) is 0 Å². The first-order valence-electron chi connectivity index (χ1n) is 7.36. The molecular weight excluding hydrogens is 254 g/mol. The first-order valence-corrected chi connectivity index (χ1v) is 8.30. The third-order valence-electron chi connectivity index (χ3n) is 4.48. The lowest BCUT2D eigenvalue weighted by Gasteiger charge is -2.32. The van der Waals surface area contributed by atoms with Crippen LogP contribution in [0.5, 0.6) is 5.75 Å². The largest absolute Gasteiger partial charge is 0.497 e. The van der Waals surface area contributed by atoms with Crippen molar-refractivity contribution in [1.29, 1.82) is 0 Å². The van der Waals surface area contributed by atoms with E-state index in [0.717, 1.165) is 17.4 Å². The van der Waals surface area contributed by atoms with Crippen LogP contribution >= 0.6 is 11.8 Å². The SMILES string of the molecule is COc1ccc2c(c1)CCC(SC1CCCC1)C2N. The van der Waals surface area contributed by atoms with Gasteiger partial charge in [-0.2, -0.15) is 11.8 Å². The van der Waals surface area contributed by atoms with Crippen molar-refractivity contribution in [1.82, 2.24) is 0 Å². The average molecular weight is 277 g/mol. The quantitative estimate of drug-likeness (QED) is 0.915. The van der Waals surface area contributed by atoms with Crippen LogP contribution in [-0.2, 0) is 6.42 Å². The van der Waals surface area contributed by atoms with Gasteiger partial charge in [0.1, 0.15) is 5.75 Å². The highest BCUT2D eigenvalue weighted by atomic mass is 32.2. The van der Waals surface area contributed by atoms with Gasteiger partial charge < -0.3 is 10.5 Å². The molecule has 3 rings (SSSR count). The molecule has 1 aromatic rings. The Hall–Kier alpha value is -0.670. The number of fused-ring (bicyclic) bond motifs is 1. The third kappa shape index (κ3) is 2.77. The normalized spacial score (nSPS) is 27.3. The van der Waals surface area contributed by atoms with Crippen LogP contribution < -0.4 is 10.5 Å². The Morgan fingerprint density at radius 2 is 2.00 bits per heavy atom. The van der Waals surface area contributed by atoms with Gasteiger partial charge in [-0.3, -0.25) is 0 Å². The van der Waals surface area contributed by atoms with Gasteiger partial charge in [0.05, 0.1) is 7.11 Å². The lowest BCUT2D eigenvalue weighted by molar-refractivity contribution is 0.413. The van der Waals surface area contributed by atoms with E-state index in [1.54, 1.807) is 7.11 Å². The first kappa shape index (κ1) is 13.3. The molecule has 1 fully saturated rings. The summed E-state index contributed by atoms with van der Waals surface area (Å²) in [6, 6.07) is 6.56. The molecule has 0 bridgehead atoms. The molecule has 104 valence electrons. The molecule has 2 unspecified atom stereocenters. The number of thioether (sulfide) groups is 1. The lowest BCUT2D eigenvalue weighted by atomic mass is 9.87. The average Bonchev–Trinajstić information content (AvgIpc) is 2.94. The first-order chi connectivity index (χ1) is 9.28. The zero-order valence-electron chi connectivity index (χ0n) is 11.6. The minimum atomic E-state index is 0.195. The number of methoxy groups -OCH3 is 1. The molecule has 0 aromatic heterocycles. The van der Waals surface area contributed by atoms with Gasteiger partial charge in [0.15, 0.2) is 0 Å². The van der Waals surface area contributed by atoms with Crippen molar-refractivity contribution in [3.63, 3.8) is 0 Å². The van der Waals surface area contributed by atoms with Crippen molar-refractivity contribution in [2.45, 2.75) is 55.1 Å². The number of hydrogen-bond acceptors (Lipinski definition) is 3. The van der Waals surface area contributed by atoms with Crippen LogP contribution in [0.15, 0.2) is 18.2 Å². The van der Waals surface area contributed by atoms with Gasteiger partial charge in [-0.05, 0) is 48.9 Å². The van der Waals surface area contributed by atoms with Crippen molar-refractivity contribution >= 4 is 11.8 Å². The molecule has 1 aromatic carbocycles. The fraction of sp³-hybridized carbons (Fsp3) is 0.625. The molecule has 2 atom stereocenters. The summed E-state index contributed by atoms with van der Waals surface area (Å²) in [5.41, 5.74) is 9.22. The molecule has 3 heteroatoms. The summed E-state index contributed by atoms with van der Waals surface area (Å²) < 4.78 is 5.30. The highest BCUT2D eigenvalue weighted by Crippen LogP contribution is 2.41. The van der Waals surface area contributed by atoms with Gasteiger partial charge in [0, 0.05) is 16.5 Å². The lowest BCUT2D eigenvalue weighted by Crippen LogP contribution is -2.30. The highest BCUT2D eigenvalue weighted by molar-refractivity contribution is 8.00. The van der Waals surface area contributed by atoms with Crippen molar-refractivity contribution in [2.75, 3.05) is 7.11 Å². The van der Waals surface area contributed by atoms with Crippen LogP contribution in [0.2, 0.25) is 0 Å². The number of nitrogens with two attached hydrogens (primary N) is 1. The maximum absolute atomic E-state index is 6.50. The monoisotopic (exact) mass is 277 g/mol. The maximum atomic E-state index is 6.50. The smallest absolute Gasteiger partial charge is 0.119 e. The molecule has 2 nitrogen and oxygen atoms in total. The van der Waals surface area contributed by atoms with Gasteiger partial charge in [-0.1, -0.05) is 18.9 Å². The molecule has 0 aliphatic heterocycles. The van der Waals surface area contributed by atoms with Crippen LogP contribution in [-0.4, -0.2) is 17.6 Å². The number of hydrogen-bond donors (Lipinski definition) is 1. The minimum absolute atomic E-state index is 0.195. The predicted molar refractivity (Wildman–Crippen MR) is 81.9 cm³/mol. The van der Waals surface area contributed by atoms with E-state index >= 15 is 0 Å². The van der Waals surface area contributed by atoms with E-state index in [1.807, 2.05) is 6.07 Å². The van der Waals surface area contributed by atoms with E-state index in [4.69, 9.17) is 10.5 Å². The van der Waals surface area contributed by atoms with E-state index in [1.165, 1.54) is 43.2 Å². The highest BCUT2D eigenvalue weighted by Gasteiger charge is 2.30. The Kier molecular flexibility index (Phi) is 4.04. The topological polar surface area (TPSA) is 35.2 Å². The summed E-state index contributed by atoms with van der Waals surface area (Å²) >= 11 is 2.15. The molecule has 0 radical (unpaired) electrons. The van der Waals surface area contributed by atoms with Gasteiger partial charge >= 0.3 is 0 Å². The molecular formula is C16H23NOS. The fourth-order valence-electron chi connectivity index (χ4n) is 3.35. The standard InChI is InChI=1S/C16H23NOS/c1-18-12-7-8-14-11(10-12)6-9-15(16(14)17)19-13-4-2-3-5-13/h7-8,10,13,15-16H,2-6,9,17H2,1H3. The van der Waals surface area contributed by atoms with Gasteiger partial charge in [-0.15, -0.1) is 0 Å². The Morgan fingerprint density at radius 3 is 2.74 bits per heavy atom. The number of benzene rings is 1. The minimum Gasteiger partial charge on any atom is -0.497 e. The second-order valence-electron chi connectivity index (χ2n) is 5.71. The number of rotatable bonds is 3. The Balaban J connectivity index is 1.73. The Labute approximate surface area is 120 Å². The molecule has 0 heterocycles. The zero-order valence-corrected chi connectivity index (χ0v) is 12.4. The van der Waals surface area contributed by atoms with E-state index in [0.29, 0.717) is 5.25 Å². The van der Waals surface area contributed by atoms with E-state index in [9.17, 15) is 0 Å². The van der Waals surface area contributed by atoms with Crippen LogP contribution in [0.4, 0.5) is 0 Å². The summed E-state index contributed by atoms with van der Waals surface area (Å²) in [7, 11) is 1.73. The summed E-state index contributed by atoms with van der Waals surface area (Å²) in [4.78, 5) is 0. The zero-order chi connectivity index (χ0) is 13.2. The summed E-state index contributed by atoms with van der Waals surface area (Å²) in [6.07, 6.45) is 7.96. The predicted octanol–water partition coefficient (Wildman–Crippen LogP) is 3.69. The van der Waals surface area contributed by atoms with Crippen molar-refractivity contribution < 1.29 is 4.74 Å². The molecule has 0 amide bonds. The van der Waals surface area contributed by atoms with Gasteiger partial charge in [0.25, 0.3) is 0 Å². The summed E-state index contributed by atoms with van der Waals surface area (Å²) in [6.45, 7) is 0. The molecule has 19 heavy (non-hydrogen) atoms. The van der Waals surface area contributed by atoms with Crippen molar-refractivity contribution in [3.8, 4) is 5.75 Å².